The van der Waals surface area contributed by atoms with E-state index in [9.17, 15) is 35.9 Å². The molecule has 1 aromatic heterocycles. The van der Waals surface area contributed by atoms with Gasteiger partial charge in [0.25, 0.3) is 5.82 Å². The summed E-state index contributed by atoms with van der Waals surface area (Å²) in [6, 6.07) is -1.79. The molecule has 2 aromatic rings. The van der Waals surface area contributed by atoms with Gasteiger partial charge in [-0.3, -0.25) is 4.79 Å². The molecule has 2 amide bonds. The van der Waals surface area contributed by atoms with E-state index in [0.29, 0.717) is 25.0 Å². The molecule has 1 N–H and O–H groups in total. The minimum Gasteiger partial charge on any atom is -0.444 e. The van der Waals surface area contributed by atoms with Gasteiger partial charge in [-0.05, 0) is 57.6 Å². The van der Waals surface area contributed by atoms with Crippen LogP contribution in [0, 0.1) is 23.4 Å². The highest BCUT2D eigenvalue weighted by molar-refractivity contribution is 5.78. The van der Waals surface area contributed by atoms with Crippen molar-refractivity contribution in [2.75, 3.05) is 6.54 Å². The summed E-state index contributed by atoms with van der Waals surface area (Å²) in [6.07, 6.45) is -7.68. The molecule has 0 radical (unpaired) electrons. The van der Waals surface area contributed by atoms with E-state index in [4.69, 9.17) is 4.74 Å². The van der Waals surface area contributed by atoms with Crippen molar-refractivity contribution in [3.8, 4) is 0 Å². The van der Waals surface area contributed by atoms with Crippen LogP contribution in [-0.2, 0) is 28.7 Å². The lowest BCUT2D eigenvalue weighted by molar-refractivity contribution is -0.145. The zero-order chi connectivity index (χ0) is 29.6. The molecular weight excluding hydrogens is 551 g/mol. The van der Waals surface area contributed by atoms with Crippen molar-refractivity contribution in [2.45, 2.75) is 83.0 Å². The smallest absolute Gasteiger partial charge is 0.444 e. The number of nitrogens with one attached hydrogen (secondary N) is 1. The van der Waals surface area contributed by atoms with Crippen LogP contribution >= 0.6 is 0 Å². The molecule has 1 fully saturated rings. The van der Waals surface area contributed by atoms with Crippen molar-refractivity contribution in [3.05, 3.63) is 46.8 Å². The van der Waals surface area contributed by atoms with Gasteiger partial charge in [0.05, 0.1) is 6.54 Å². The highest BCUT2D eigenvalue weighted by Crippen LogP contribution is 2.44. The van der Waals surface area contributed by atoms with E-state index < -0.39 is 84.1 Å². The molecule has 0 spiro atoms. The number of fused-ring (bicyclic) bond motifs is 1. The molecule has 220 valence electrons. The first kappa shape index (κ1) is 29.6. The first-order valence-corrected chi connectivity index (χ1v) is 12.6. The van der Waals surface area contributed by atoms with E-state index in [2.05, 4.69) is 15.4 Å². The van der Waals surface area contributed by atoms with Crippen LogP contribution in [0.15, 0.2) is 12.1 Å². The molecule has 3 atom stereocenters. The number of hydrogen-bond donors (Lipinski definition) is 1. The number of rotatable bonds is 7. The standard InChI is InChI=1S/C25H28F7N5O3/c1-24(2,3)40-23(39)33-14(8-13-9-16(27)17(28)11-15(13)26)10-18(38)36-6-7-37-21(20(36)19(29)12-4-5-12)34-22(35-37)25(30,31)32/h9,11-12,14,19-20H,4-8,10H2,1-3H3,(H,33,39)/t14-,19?,20?/m1/s1. The molecule has 2 heterocycles. The number of carbonyl (C=O) groups excluding carboxylic acids is 2. The van der Waals surface area contributed by atoms with Gasteiger partial charge in [-0.2, -0.15) is 13.2 Å². The molecule has 1 aromatic carbocycles. The Kier molecular flexibility index (Phi) is 8.05. The van der Waals surface area contributed by atoms with Crippen LogP contribution < -0.4 is 5.32 Å². The number of nitrogens with zero attached hydrogens (tertiary/aromatic N) is 4. The average Bonchev–Trinajstić information content (AvgIpc) is 3.57. The van der Waals surface area contributed by atoms with Gasteiger partial charge in [-0.25, -0.2) is 32.0 Å². The fraction of sp³-hybridized carbons (Fsp3) is 0.600. The maximum Gasteiger partial charge on any atom is 0.453 e. The monoisotopic (exact) mass is 579 g/mol. The summed E-state index contributed by atoms with van der Waals surface area (Å²) in [5.41, 5.74) is -1.30. The van der Waals surface area contributed by atoms with E-state index in [1.165, 1.54) is 0 Å². The van der Waals surface area contributed by atoms with Crippen molar-refractivity contribution in [2.24, 2.45) is 5.92 Å². The summed E-state index contributed by atoms with van der Waals surface area (Å²) in [7, 11) is 0. The Morgan fingerprint density at radius 1 is 1.07 bits per heavy atom. The minimum atomic E-state index is -4.88. The summed E-state index contributed by atoms with van der Waals surface area (Å²) in [4.78, 5) is 30.5. The fourth-order valence-electron chi connectivity index (χ4n) is 4.57. The predicted octanol–water partition coefficient (Wildman–Crippen LogP) is 4.87. The summed E-state index contributed by atoms with van der Waals surface area (Å²) in [5.74, 6) is -6.97. The first-order valence-electron chi connectivity index (χ1n) is 12.6. The third-order valence-electron chi connectivity index (χ3n) is 6.50. The van der Waals surface area contributed by atoms with E-state index in [1.54, 1.807) is 20.8 Å². The van der Waals surface area contributed by atoms with Crippen LogP contribution in [-0.4, -0.2) is 56.0 Å². The second-order valence-electron chi connectivity index (χ2n) is 10.9. The summed E-state index contributed by atoms with van der Waals surface area (Å²) >= 11 is 0. The number of alkyl halides is 4. The second-order valence-corrected chi connectivity index (χ2v) is 10.9. The van der Waals surface area contributed by atoms with Gasteiger partial charge in [0.2, 0.25) is 5.91 Å². The highest BCUT2D eigenvalue weighted by Gasteiger charge is 2.48. The van der Waals surface area contributed by atoms with Crippen LogP contribution in [0.1, 0.15) is 63.3 Å². The number of hydrogen-bond acceptors (Lipinski definition) is 5. The third-order valence-corrected chi connectivity index (χ3v) is 6.50. The SMILES string of the molecule is CC(C)(C)OC(=O)N[C@@H](CC(=O)N1CCn2nc(C(F)(F)F)nc2C1C(F)C1CC1)Cc1cc(F)c(F)cc1F. The molecule has 0 saturated heterocycles. The Morgan fingerprint density at radius 3 is 2.33 bits per heavy atom. The Labute approximate surface area is 224 Å². The average molecular weight is 580 g/mol. The van der Waals surface area contributed by atoms with Crippen LogP contribution in [0.5, 0.6) is 0 Å². The van der Waals surface area contributed by atoms with Gasteiger partial charge in [0, 0.05) is 25.1 Å². The van der Waals surface area contributed by atoms with E-state index in [0.717, 1.165) is 9.58 Å². The van der Waals surface area contributed by atoms with Gasteiger partial charge in [-0.15, -0.1) is 5.10 Å². The molecule has 15 heteroatoms. The number of benzene rings is 1. The Balaban J connectivity index is 1.61. The minimum absolute atomic E-state index is 0.194. The molecule has 1 aliphatic carbocycles. The number of alkyl carbamates (subject to hydrolysis) is 1. The van der Waals surface area contributed by atoms with Crippen molar-refractivity contribution in [3.63, 3.8) is 0 Å². The molecule has 1 saturated carbocycles. The van der Waals surface area contributed by atoms with Crippen molar-refractivity contribution < 1.29 is 45.1 Å². The van der Waals surface area contributed by atoms with E-state index >= 15 is 4.39 Å². The Bertz CT molecular complexity index is 1270. The molecule has 40 heavy (non-hydrogen) atoms. The van der Waals surface area contributed by atoms with Crippen molar-refractivity contribution in [1.29, 1.82) is 0 Å². The third kappa shape index (κ3) is 6.84. The fourth-order valence-corrected chi connectivity index (χ4v) is 4.57. The lowest BCUT2D eigenvalue weighted by Gasteiger charge is -2.37. The lowest BCUT2D eigenvalue weighted by atomic mass is 9.99. The van der Waals surface area contributed by atoms with E-state index in [-0.39, 0.29) is 24.5 Å². The first-order chi connectivity index (χ1) is 18.5. The van der Waals surface area contributed by atoms with Crippen LogP contribution in [0.3, 0.4) is 0 Å². The lowest BCUT2D eigenvalue weighted by Crippen LogP contribution is -2.49. The van der Waals surface area contributed by atoms with Crippen molar-refractivity contribution in [1.82, 2.24) is 25.0 Å². The van der Waals surface area contributed by atoms with Crippen LogP contribution in [0.4, 0.5) is 35.5 Å². The van der Waals surface area contributed by atoms with E-state index in [1.807, 2.05) is 0 Å². The maximum absolute atomic E-state index is 15.5. The number of halogens is 7. The predicted molar refractivity (Wildman–Crippen MR) is 125 cm³/mol. The molecule has 2 unspecified atom stereocenters. The van der Waals surface area contributed by atoms with Gasteiger partial charge in [-0.1, -0.05) is 0 Å². The summed E-state index contributed by atoms with van der Waals surface area (Å²) in [5, 5.41) is 5.85. The van der Waals surface area contributed by atoms with Crippen molar-refractivity contribution >= 4 is 12.0 Å². The van der Waals surface area contributed by atoms with Crippen LogP contribution in [0.2, 0.25) is 0 Å². The maximum atomic E-state index is 15.5. The van der Waals surface area contributed by atoms with Crippen LogP contribution in [0.25, 0.3) is 0 Å². The number of amides is 2. The number of ether oxygens (including phenoxy) is 1. The van der Waals surface area contributed by atoms with Gasteiger partial charge in [0.1, 0.15) is 23.6 Å². The molecule has 2 aliphatic rings. The summed E-state index contributed by atoms with van der Waals surface area (Å²) < 4.78 is 103. The highest BCUT2D eigenvalue weighted by atomic mass is 19.4. The topological polar surface area (TPSA) is 89.4 Å². The molecule has 1 aliphatic heterocycles. The second kappa shape index (κ2) is 10.9. The van der Waals surface area contributed by atoms with Gasteiger partial charge < -0.3 is 15.0 Å². The Morgan fingerprint density at radius 2 is 1.73 bits per heavy atom. The Hall–Kier alpha value is -3.39. The van der Waals surface area contributed by atoms with Gasteiger partial charge >= 0.3 is 12.3 Å². The summed E-state index contributed by atoms with van der Waals surface area (Å²) in [6.45, 7) is 4.32. The zero-order valence-corrected chi connectivity index (χ0v) is 21.9. The quantitative estimate of drug-likeness (QED) is 0.374. The molecule has 0 bridgehead atoms. The van der Waals surface area contributed by atoms with Gasteiger partial charge in [0.15, 0.2) is 17.5 Å². The molecule has 4 rings (SSSR count). The number of aromatic nitrogens is 3. The number of carbonyl (C=O) groups is 2. The molecule has 8 nitrogen and oxygen atoms in total. The zero-order valence-electron chi connectivity index (χ0n) is 21.9. The molecular formula is C25H28F7N5O3. The largest absolute Gasteiger partial charge is 0.453 e. The normalized spacial score (nSPS) is 19.1.